The van der Waals surface area contributed by atoms with Crippen LogP contribution < -0.4 is 4.90 Å². The number of hydrogen-bond acceptors (Lipinski definition) is 3. The Morgan fingerprint density at radius 2 is 1.61 bits per heavy atom. The van der Waals surface area contributed by atoms with Gasteiger partial charge in [0.2, 0.25) is 5.95 Å². The van der Waals surface area contributed by atoms with Crippen molar-refractivity contribution in [2.24, 2.45) is 0 Å². The van der Waals surface area contributed by atoms with E-state index in [1.54, 1.807) is 0 Å². The van der Waals surface area contributed by atoms with E-state index in [4.69, 9.17) is 34.8 Å². The van der Waals surface area contributed by atoms with E-state index in [2.05, 4.69) is 9.97 Å². The van der Waals surface area contributed by atoms with Crippen LogP contribution in [0.5, 0.6) is 0 Å². The van der Waals surface area contributed by atoms with E-state index in [1.165, 1.54) is 0 Å². The van der Waals surface area contributed by atoms with E-state index in [0.29, 0.717) is 6.07 Å². The SMILES string of the molecule is FC(F)(F)c1ccnc(N2CCC(c3cc(Cl)c(Cl)c(Cl)c3)(C(F)(F)F)C2)n1. The Morgan fingerprint density at radius 3 is 2.14 bits per heavy atom. The molecule has 1 atom stereocenters. The molecule has 1 aliphatic heterocycles. The predicted octanol–water partition coefficient (Wildman–Crippen LogP) is 6.17. The third-order valence-electron chi connectivity index (χ3n) is 4.56. The highest BCUT2D eigenvalue weighted by atomic mass is 35.5. The second kappa shape index (κ2) is 7.11. The van der Waals surface area contributed by atoms with Gasteiger partial charge in [0.1, 0.15) is 11.1 Å². The van der Waals surface area contributed by atoms with Crippen LogP contribution in [-0.2, 0) is 11.6 Å². The first kappa shape index (κ1) is 21.3. The lowest BCUT2D eigenvalue weighted by molar-refractivity contribution is -0.184. The average molecular weight is 465 g/mol. The number of nitrogens with zero attached hydrogens (tertiary/aromatic N) is 3. The van der Waals surface area contributed by atoms with Crippen LogP contribution in [0.15, 0.2) is 24.4 Å². The predicted molar refractivity (Wildman–Crippen MR) is 93.1 cm³/mol. The van der Waals surface area contributed by atoms with Crippen LogP contribution in [0.4, 0.5) is 32.3 Å². The second-order valence-electron chi connectivity index (χ2n) is 6.24. The van der Waals surface area contributed by atoms with E-state index in [9.17, 15) is 26.3 Å². The van der Waals surface area contributed by atoms with E-state index in [0.717, 1.165) is 23.2 Å². The molecule has 0 spiro atoms. The van der Waals surface area contributed by atoms with Crippen molar-refractivity contribution in [1.29, 1.82) is 0 Å². The van der Waals surface area contributed by atoms with Crippen molar-refractivity contribution in [3.8, 4) is 0 Å². The maximum atomic E-state index is 14.1. The molecule has 28 heavy (non-hydrogen) atoms. The normalized spacial score (nSPS) is 20.7. The van der Waals surface area contributed by atoms with Crippen molar-refractivity contribution in [2.45, 2.75) is 24.2 Å². The molecule has 3 rings (SSSR count). The number of rotatable bonds is 2. The summed E-state index contributed by atoms with van der Waals surface area (Å²) < 4.78 is 80.7. The van der Waals surface area contributed by atoms with Crippen LogP contribution in [0.3, 0.4) is 0 Å². The van der Waals surface area contributed by atoms with Crippen LogP contribution in [0.1, 0.15) is 17.7 Å². The second-order valence-corrected chi connectivity index (χ2v) is 7.44. The molecule has 1 aromatic heterocycles. The molecule has 1 aliphatic rings. The molecule has 3 nitrogen and oxygen atoms in total. The number of aromatic nitrogens is 2. The number of anilines is 1. The molecule has 2 heterocycles. The highest BCUT2D eigenvalue weighted by Crippen LogP contribution is 2.50. The Morgan fingerprint density at radius 1 is 1.00 bits per heavy atom. The van der Waals surface area contributed by atoms with Gasteiger partial charge in [0.25, 0.3) is 0 Å². The van der Waals surface area contributed by atoms with Gasteiger partial charge in [-0.15, -0.1) is 0 Å². The molecule has 0 amide bonds. The maximum absolute atomic E-state index is 14.1. The quantitative estimate of drug-likeness (QED) is 0.393. The van der Waals surface area contributed by atoms with Gasteiger partial charge >= 0.3 is 12.4 Å². The fourth-order valence-electron chi connectivity index (χ4n) is 3.10. The monoisotopic (exact) mass is 463 g/mol. The van der Waals surface area contributed by atoms with E-state index in [-0.39, 0.29) is 27.2 Å². The molecular formula is C16H10Cl3F6N3. The fraction of sp³-hybridized carbons (Fsp3) is 0.375. The summed E-state index contributed by atoms with van der Waals surface area (Å²) in [5.41, 5.74) is -3.88. The number of alkyl halides is 6. The molecule has 12 heteroatoms. The Kier molecular flexibility index (Phi) is 5.40. The van der Waals surface area contributed by atoms with Gasteiger partial charge in [-0.05, 0) is 30.2 Å². The molecule has 0 aliphatic carbocycles. The number of hydrogen-bond donors (Lipinski definition) is 0. The van der Waals surface area contributed by atoms with Gasteiger partial charge in [0, 0.05) is 19.3 Å². The summed E-state index contributed by atoms with van der Waals surface area (Å²) in [6.45, 7) is -0.898. The molecular weight excluding hydrogens is 455 g/mol. The fourth-order valence-corrected chi connectivity index (χ4v) is 3.70. The van der Waals surface area contributed by atoms with Gasteiger partial charge in [-0.25, -0.2) is 9.97 Å². The van der Waals surface area contributed by atoms with Gasteiger partial charge in [0.15, 0.2) is 0 Å². The number of benzene rings is 1. The topological polar surface area (TPSA) is 29.0 Å². The summed E-state index contributed by atoms with van der Waals surface area (Å²) in [6.07, 6.45) is -9.06. The molecule has 1 saturated heterocycles. The molecule has 152 valence electrons. The highest BCUT2D eigenvalue weighted by Gasteiger charge is 2.59. The number of halogens is 9. The smallest absolute Gasteiger partial charge is 0.340 e. The minimum absolute atomic E-state index is 0.0829. The van der Waals surface area contributed by atoms with Gasteiger partial charge in [-0.3, -0.25) is 0 Å². The van der Waals surface area contributed by atoms with Crippen molar-refractivity contribution >= 4 is 40.8 Å². The van der Waals surface area contributed by atoms with E-state index >= 15 is 0 Å². The molecule has 0 N–H and O–H groups in total. The zero-order chi connectivity index (χ0) is 20.9. The molecule has 0 saturated carbocycles. The van der Waals surface area contributed by atoms with Crippen LogP contribution in [0.2, 0.25) is 15.1 Å². The molecule has 0 bridgehead atoms. The molecule has 1 aromatic carbocycles. The molecule has 1 fully saturated rings. The van der Waals surface area contributed by atoms with Crippen LogP contribution >= 0.6 is 34.8 Å². The lowest BCUT2D eigenvalue weighted by Gasteiger charge is -2.32. The van der Waals surface area contributed by atoms with Crippen molar-refractivity contribution in [3.05, 3.63) is 50.7 Å². The third kappa shape index (κ3) is 3.71. The highest BCUT2D eigenvalue weighted by molar-refractivity contribution is 6.48. The zero-order valence-corrected chi connectivity index (χ0v) is 15.9. The third-order valence-corrected chi connectivity index (χ3v) is 5.76. The standard InChI is InChI=1S/C16H10Cl3F6N3/c17-9-5-8(6-10(18)12(9)19)14(16(23,24)25)2-4-28(7-14)13-26-3-1-11(27-13)15(20,21)22/h1,3,5-6H,2,4,7H2. The zero-order valence-electron chi connectivity index (χ0n) is 13.7. The Balaban J connectivity index is 2.03. The summed E-state index contributed by atoms with van der Waals surface area (Å²) in [5.74, 6) is -0.438. The van der Waals surface area contributed by atoms with E-state index < -0.39 is 42.4 Å². The summed E-state index contributed by atoms with van der Waals surface area (Å²) in [6, 6.07) is 2.79. The summed E-state index contributed by atoms with van der Waals surface area (Å²) in [4.78, 5) is 8.12. The first-order chi connectivity index (χ1) is 12.8. The maximum Gasteiger partial charge on any atom is 0.433 e. The van der Waals surface area contributed by atoms with Crippen molar-refractivity contribution in [1.82, 2.24) is 9.97 Å². The average Bonchev–Trinajstić information content (AvgIpc) is 3.05. The van der Waals surface area contributed by atoms with Gasteiger partial charge in [-0.1, -0.05) is 34.8 Å². The first-order valence-corrected chi connectivity index (χ1v) is 8.85. The van der Waals surface area contributed by atoms with Crippen molar-refractivity contribution < 1.29 is 26.3 Å². The lowest BCUT2D eigenvalue weighted by Crippen LogP contribution is -2.45. The molecule has 1 unspecified atom stereocenters. The summed E-state index contributed by atoms with van der Waals surface area (Å²) in [5, 5.41) is -0.386. The Bertz CT molecular complexity index is 879. The minimum atomic E-state index is -4.74. The Hall–Kier alpha value is -1.45. The molecule has 2 aromatic rings. The van der Waals surface area contributed by atoms with Gasteiger partial charge in [0.05, 0.1) is 15.1 Å². The van der Waals surface area contributed by atoms with Crippen LogP contribution in [0, 0.1) is 0 Å². The van der Waals surface area contributed by atoms with Crippen molar-refractivity contribution in [3.63, 3.8) is 0 Å². The van der Waals surface area contributed by atoms with Gasteiger partial charge < -0.3 is 4.90 Å². The first-order valence-electron chi connectivity index (χ1n) is 7.72. The van der Waals surface area contributed by atoms with Crippen LogP contribution in [-0.4, -0.2) is 29.2 Å². The van der Waals surface area contributed by atoms with E-state index in [1.807, 2.05) is 0 Å². The lowest BCUT2D eigenvalue weighted by atomic mass is 9.79. The minimum Gasteiger partial charge on any atom is -0.340 e. The summed E-state index contributed by atoms with van der Waals surface area (Å²) >= 11 is 17.6. The molecule has 0 radical (unpaired) electrons. The largest absolute Gasteiger partial charge is 0.433 e. The summed E-state index contributed by atoms with van der Waals surface area (Å²) in [7, 11) is 0. The van der Waals surface area contributed by atoms with Crippen molar-refractivity contribution in [2.75, 3.05) is 18.0 Å². The Labute approximate surface area is 170 Å². The van der Waals surface area contributed by atoms with Gasteiger partial charge in [-0.2, -0.15) is 26.3 Å². The van der Waals surface area contributed by atoms with Crippen LogP contribution in [0.25, 0.3) is 0 Å².